The lowest BCUT2D eigenvalue weighted by atomic mass is 10.1. The zero-order valence-electron chi connectivity index (χ0n) is 20.3. The van der Waals surface area contributed by atoms with Crippen molar-refractivity contribution in [2.75, 3.05) is 23.7 Å². The van der Waals surface area contributed by atoms with Gasteiger partial charge in [0.05, 0.1) is 11.9 Å². The van der Waals surface area contributed by atoms with Gasteiger partial charge in [-0.25, -0.2) is 8.42 Å². The van der Waals surface area contributed by atoms with Crippen LogP contribution in [-0.2, 0) is 26.2 Å². The molecule has 2 aromatic carbocycles. The fraction of sp³-hybridized carbons (Fsp3) is 0.440. The van der Waals surface area contributed by atoms with Crippen molar-refractivity contribution < 1.29 is 18.0 Å². The van der Waals surface area contributed by atoms with E-state index in [9.17, 15) is 18.0 Å². The van der Waals surface area contributed by atoms with Gasteiger partial charge in [0.1, 0.15) is 12.6 Å². The normalized spacial score (nSPS) is 12.1. The van der Waals surface area contributed by atoms with Crippen molar-refractivity contribution in [2.45, 2.75) is 52.6 Å². The number of carbonyl (C=O) groups excluding carboxylic acids is 2. The third kappa shape index (κ3) is 8.13. The topological polar surface area (TPSA) is 86.8 Å². The van der Waals surface area contributed by atoms with E-state index >= 15 is 0 Å². The Morgan fingerprint density at radius 3 is 2.38 bits per heavy atom. The second-order valence-corrected chi connectivity index (χ2v) is 11.2. The fourth-order valence-corrected chi connectivity index (χ4v) is 4.91. The molecule has 0 bridgehead atoms. The van der Waals surface area contributed by atoms with Crippen molar-refractivity contribution in [3.8, 4) is 0 Å². The van der Waals surface area contributed by atoms with Crippen LogP contribution in [0.5, 0.6) is 0 Å². The molecule has 1 atom stereocenters. The SMILES string of the molecule is CCCCNC(=O)[C@@H](CC)N(Cc1cccc(C)c1)C(=O)CN(c1cccc(Br)c1)S(C)(=O)=O. The molecule has 2 rings (SSSR count). The molecule has 0 aromatic heterocycles. The van der Waals surface area contributed by atoms with Crippen LogP contribution in [0.15, 0.2) is 53.0 Å². The summed E-state index contributed by atoms with van der Waals surface area (Å²) < 4.78 is 27.0. The molecule has 0 unspecified atom stereocenters. The van der Waals surface area contributed by atoms with Gasteiger partial charge < -0.3 is 10.2 Å². The zero-order valence-corrected chi connectivity index (χ0v) is 22.7. The van der Waals surface area contributed by atoms with Gasteiger partial charge in [0.15, 0.2) is 0 Å². The summed E-state index contributed by atoms with van der Waals surface area (Å²) in [6.45, 7) is 6.19. The third-order valence-corrected chi connectivity index (χ3v) is 7.06. The number of amides is 2. The Balaban J connectivity index is 2.40. The predicted octanol–water partition coefficient (Wildman–Crippen LogP) is 4.25. The molecular weight excluding hydrogens is 518 g/mol. The quantitative estimate of drug-likeness (QED) is 0.399. The summed E-state index contributed by atoms with van der Waals surface area (Å²) in [5.74, 6) is -0.672. The molecule has 1 N–H and O–H groups in total. The number of benzene rings is 2. The number of halogens is 1. The molecule has 0 heterocycles. The summed E-state index contributed by atoms with van der Waals surface area (Å²) >= 11 is 3.36. The Morgan fingerprint density at radius 1 is 1.09 bits per heavy atom. The Hall–Kier alpha value is -2.39. The largest absolute Gasteiger partial charge is 0.354 e. The molecule has 0 aliphatic heterocycles. The fourth-order valence-electron chi connectivity index (χ4n) is 3.68. The number of nitrogens with one attached hydrogen (secondary N) is 1. The molecule has 0 radical (unpaired) electrons. The Labute approximate surface area is 211 Å². The zero-order chi connectivity index (χ0) is 25.3. The van der Waals surface area contributed by atoms with Crippen molar-refractivity contribution in [3.63, 3.8) is 0 Å². The Kier molecular flexibility index (Phi) is 10.6. The van der Waals surface area contributed by atoms with E-state index in [2.05, 4.69) is 21.2 Å². The van der Waals surface area contributed by atoms with E-state index in [1.807, 2.05) is 45.0 Å². The first kappa shape index (κ1) is 27.9. The second-order valence-electron chi connectivity index (χ2n) is 8.33. The van der Waals surface area contributed by atoms with Crippen molar-refractivity contribution in [2.24, 2.45) is 0 Å². The van der Waals surface area contributed by atoms with Gasteiger partial charge in [0, 0.05) is 17.6 Å². The number of rotatable bonds is 12. The summed E-state index contributed by atoms with van der Waals surface area (Å²) in [5.41, 5.74) is 2.29. The minimum Gasteiger partial charge on any atom is -0.354 e. The first-order valence-electron chi connectivity index (χ1n) is 11.4. The molecule has 2 aromatic rings. The monoisotopic (exact) mass is 551 g/mol. The molecule has 186 valence electrons. The van der Waals surface area contributed by atoms with Crippen molar-refractivity contribution >= 4 is 43.5 Å². The van der Waals surface area contributed by atoms with E-state index in [1.54, 1.807) is 24.3 Å². The van der Waals surface area contributed by atoms with Crippen LogP contribution in [0, 0.1) is 6.92 Å². The van der Waals surface area contributed by atoms with Gasteiger partial charge >= 0.3 is 0 Å². The van der Waals surface area contributed by atoms with Gasteiger partial charge in [-0.2, -0.15) is 0 Å². The number of unbranched alkanes of at least 4 members (excludes halogenated alkanes) is 1. The number of aryl methyl sites for hydroxylation is 1. The van der Waals surface area contributed by atoms with Crippen LogP contribution < -0.4 is 9.62 Å². The smallest absolute Gasteiger partial charge is 0.244 e. The van der Waals surface area contributed by atoms with Crippen molar-refractivity contribution in [1.29, 1.82) is 0 Å². The molecule has 0 aliphatic rings. The number of hydrogen-bond donors (Lipinski definition) is 1. The Morgan fingerprint density at radius 2 is 1.79 bits per heavy atom. The molecule has 2 amide bonds. The minimum atomic E-state index is -3.75. The van der Waals surface area contributed by atoms with E-state index in [0.717, 1.165) is 34.5 Å². The van der Waals surface area contributed by atoms with Gasteiger partial charge in [-0.3, -0.25) is 13.9 Å². The maximum atomic E-state index is 13.6. The van der Waals surface area contributed by atoms with E-state index in [1.165, 1.54) is 4.90 Å². The number of anilines is 1. The highest BCUT2D eigenvalue weighted by atomic mass is 79.9. The van der Waals surface area contributed by atoms with E-state index < -0.39 is 28.5 Å². The van der Waals surface area contributed by atoms with E-state index in [0.29, 0.717) is 23.1 Å². The van der Waals surface area contributed by atoms with Gasteiger partial charge in [-0.1, -0.05) is 72.1 Å². The van der Waals surface area contributed by atoms with Crippen LogP contribution in [0.2, 0.25) is 0 Å². The molecule has 0 aliphatic carbocycles. The molecule has 0 saturated heterocycles. The number of nitrogens with zero attached hydrogens (tertiary/aromatic N) is 2. The van der Waals surface area contributed by atoms with Crippen LogP contribution in [-0.4, -0.2) is 50.5 Å². The summed E-state index contributed by atoms with van der Waals surface area (Å²) in [6, 6.07) is 13.8. The van der Waals surface area contributed by atoms with Crippen LogP contribution in [0.1, 0.15) is 44.2 Å². The molecule has 0 saturated carbocycles. The maximum absolute atomic E-state index is 13.6. The average molecular weight is 553 g/mol. The first-order chi connectivity index (χ1) is 16.1. The van der Waals surface area contributed by atoms with Crippen molar-refractivity contribution in [1.82, 2.24) is 10.2 Å². The lowest BCUT2D eigenvalue weighted by Gasteiger charge is -2.33. The minimum absolute atomic E-state index is 0.205. The molecule has 7 nitrogen and oxygen atoms in total. The molecule has 9 heteroatoms. The van der Waals surface area contributed by atoms with Crippen LogP contribution in [0.4, 0.5) is 5.69 Å². The highest BCUT2D eigenvalue weighted by molar-refractivity contribution is 9.10. The first-order valence-corrected chi connectivity index (χ1v) is 14.1. The summed E-state index contributed by atoms with van der Waals surface area (Å²) in [5, 5.41) is 2.92. The van der Waals surface area contributed by atoms with Crippen LogP contribution in [0.3, 0.4) is 0 Å². The lowest BCUT2D eigenvalue weighted by molar-refractivity contribution is -0.140. The summed E-state index contributed by atoms with van der Waals surface area (Å²) in [7, 11) is -3.75. The third-order valence-electron chi connectivity index (χ3n) is 5.43. The van der Waals surface area contributed by atoms with Gasteiger partial charge in [0.2, 0.25) is 21.8 Å². The number of hydrogen-bond acceptors (Lipinski definition) is 4. The molecule has 0 spiro atoms. The van der Waals surface area contributed by atoms with Crippen molar-refractivity contribution in [3.05, 3.63) is 64.1 Å². The van der Waals surface area contributed by atoms with Crippen LogP contribution >= 0.6 is 15.9 Å². The molecule has 0 fully saturated rings. The van der Waals surface area contributed by atoms with E-state index in [-0.39, 0.29) is 12.5 Å². The second kappa shape index (κ2) is 12.9. The Bertz CT molecular complexity index is 1090. The highest BCUT2D eigenvalue weighted by Crippen LogP contribution is 2.23. The van der Waals surface area contributed by atoms with E-state index in [4.69, 9.17) is 0 Å². The molecule has 34 heavy (non-hydrogen) atoms. The highest BCUT2D eigenvalue weighted by Gasteiger charge is 2.31. The van der Waals surface area contributed by atoms with Crippen LogP contribution in [0.25, 0.3) is 0 Å². The van der Waals surface area contributed by atoms with Gasteiger partial charge in [-0.15, -0.1) is 0 Å². The molecular formula is C25H34BrN3O4S. The van der Waals surface area contributed by atoms with Gasteiger partial charge in [0.25, 0.3) is 0 Å². The predicted molar refractivity (Wildman–Crippen MR) is 140 cm³/mol. The standard InChI is InChI=1S/C25H34BrN3O4S/c1-5-7-14-27-25(31)23(6-2)28(17-20-11-8-10-19(3)15-20)24(30)18-29(34(4,32)33)22-13-9-12-21(26)16-22/h8-13,15-16,23H,5-7,14,17-18H2,1-4H3,(H,27,31)/t23-/m1/s1. The summed E-state index contributed by atoms with van der Waals surface area (Å²) in [6.07, 6.45) is 3.27. The van der Waals surface area contributed by atoms with Gasteiger partial charge in [-0.05, 0) is 43.5 Å². The maximum Gasteiger partial charge on any atom is 0.244 e. The summed E-state index contributed by atoms with van der Waals surface area (Å²) in [4.78, 5) is 28.1. The average Bonchev–Trinajstić information content (AvgIpc) is 2.76. The lowest BCUT2D eigenvalue weighted by Crippen LogP contribution is -2.52. The number of sulfonamides is 1. The number of carbonyl (C=O) groups is 2.